The van der Waals surface area contributed by atoms with Crippen molar-refractivity contribution in [3.8, 4) is 23.0 Å². The number of rotatable bonds is 12. The summed E-state index contributed by atoms with van der Waals surface area (Å²) >= 11 is 0. The summed E-state index contributed by atoms with van der Waals surface area (Å²) in [6.07, 6.45) is 5.60. The van der Waals surface area contributed by atoms with Gasteiger partial charge in [-0.3, -0.25) is 9.59 Å². The first-order valence-electron chi connectivity index (χ1n) is 14.7. The van der Waals surface area contributed by atoms with Gasteiger partial charge in [0.2, 0.25) is 11.7 Å². The Bertz CT molecular complexity index is 1530. The average molecular weight is 602 g/mol. The number of fused-ring (bicyclic) bond motifs is 1. The van der Waals surface area contributed by atoms with Gasteiger partial charge in [0, 0.05) is 6.04 Å². The van der Waals surface area contributed by atoms with Crippen molar-refractivity contribution in [2.45, 2.75) is 38.8 Å². The quantitative estimate of drug-likeness (QED) is 0.276. The van der Waals surface area contributed by atoms with Crippen LogP contribution in [0, 0.1) is 0 Å². The van der Waals surface area contributed by atoms with E-state index in [1.165, 1.54) is 0 Å². The van der Waals surface area contributed by atoms with Crippen molar-refractivity contribution in [3.63, 3.8) is 0 Å². The van der Waals surface area contributed by atoms with Gasteiger partial charge in [-0.2, -0.15) is 0 Å². The molecule has 2 heterocycles. The van der Waals surface area contributed by atoms with Gasteiger partial charge in [0.25, 0.3) is 5.91 Å². The number of furan rings is 1. The van der Waals surface area contributed by atoms with Crippen LogP contribution in [-0.4, -0.2) is 58.9 Å². The fourth-order valence-electron chi connectivity index (χ4n) is 5.60. The number of piperidine rings is 1. The normalized spacial score (nSPS) is 15.6. The number of allylic oxidation sites excluding steroid dienone is 2. The zero-order valence-corrected chi connectivity index (χ0v) is 25.6. The van der Waals surface area contributed by atoms with Gasteiger partial charge in [0.15, 0.2) is 18.1 Å². The second kappa shape index (κ2) is 14.2. The Morgan fingerprint density at radius 2 is 1.73 bits per heavy atom. The molecule has 0 unspecified atom stereocenters. The number of nitrogens with one attached hydrogen (secondary N) is 3. The van der Waals surface area contributed by atoms with Crippen molar-refractivity contribution in [2.75, 3.05) is 41.0 Å². The van der Waals surface area contributed by atoms with Gasteiger partial charge >= 0.3 is 0 Å². The van der Waals surface area contributed by atoms with E-state index in [0.29, 0.717) is 35.3 Å². The van der Waals surface area contributed by atoms with Gasteiger partial charge in [-0.15, -0.1) is 0 Å². The molecule has 1 aromatic heterocycles. The van der Waals surface area contributed by atoms with E-state index in [0.717, 1.165) is 59.3 Å². The van der Waals surface area contributed by atoms with Gasteiger partial charge < -0.3 is 39.3 Å². The molecule has 1 aliphatic carbocycles. The summed E-state index contributed by atoms with van der Waals surface area (Å²) in [7, 11) is 4.73. The minimum Gasteiger partial charge on any atom is -0.497 e. The third kappa shape index (κ3) is 7.08. The molecule has 232 valence electrons. The fraction of sp³-hybridized carbons (Fsp3) is 0.353. The van der Waals surface area contributed by atoms with Crippen LogP contribution in [0.4, 0.5) is 0 Å². The molecule has 10 nitrogen and oxygen atoms in total. The van der Waals surface area contributed by atoms with Crippen LogP contribution in [0.5, 0.6) is 23.0 Å². The van der Waals surface area contributed by atoms with E-state index >= 15 is 0 Å². The number of amides is 2. The lowest BCUT2D eigenvalue weighted by molar-refractivity contribution is -0.124. The molecule has 3 N–H and O–H groups in total. The van der Waals surface area contributed by atoms with E-state index in [9.17, 15) is 9.59 Å². The summed E-state index contributed by atoms with van der Waals surface area (Å²) in [5.74, 6) is 2.34. The minimum atomic E-state index is -0.188. The third-order valence-corrected chi connectivity index (χ3v) is 7.92. The number of hydrogen-bond acceptors (Lipinski definition) is 8. The van der Waals surface area contributed by atoms with Gasteiger partial charge in [-0.1, -0.05) is 6.07 Å². The average Bonchev–Trinajstić information content (AvgIpc) is 3.65. The number of hydrogen-bond donors (Lipinski definition) is 3. The summed E-state index contributed by atoms with van der Waals surface area (Å²) in [5.41, 5.74) is 5.61. The maximum absolute atomic E-state index is 13.0. The molecule has 0 spiro atoms. The van der Waals surface area contributed by atoms with Crippen LogP contribution in [0.15, 0.2) is 58.7 Å². The lowest BCUT2D eigenvalue weighted by Crippen LogP contribution is -2.44. The molecule has 0 bridgehead atoms. The summed E-state index contributed by atoms with van der Waals surface area (Å²) in [4.78, 5) is 25.6. The van der Waals surface area contributed by atoms with E-state index in [4.69, 9.17) is 23.4 Å². The Morgan fingerprint density at radius 1 is 0.977 bits per heavy atom. The molecule has 44 heavy (non-hydrogen) atoms. The van der Waals surface area contributed by atoms with Gasteiger partial charge in [-0.05, 0) is 109 Å². The molecule has 0 atom stereocenters. The van der Waals surface area contributed by atoms with E-state index in [-0.39, 0.29) is 30.9 Å². The van der Waals surface area contributed by atoms with E-state index in [2.05, 4.69) is 16.0 Å². The molecule has 5 rings (SSSR count). The summed E-state index contributed by atoms with van der Waals surface area (Å²) in [6, 6.07) is 13.3. The van der Waals surface area contributed by atoms with Crippen LogP contribution in [0.2, 0.25) is 0 Å². The van der Waals surface area contributed by atoms with E-state index in [1.807, 2.05) is 49.4 Å². The molecule has 1 fully saturated rings. The first kappa shape index (κ1) is 30.7. The first-order chi connectivity index (χ1) is 21.4. The second-order valence-corrected chi connectivity index (χ2v) is 10.7. The number of benzene rings is 2. The first-order valence-corrected chi connectivity index (χ1v) is 14.7. The van der Waals surface area contributed by atoms with Crippen LogP contribution < -0.4 is 34.9 Å². The number of carbonyl (C=O) groups excluding carboxylic acids is 2. The van der Waals surface area contributed by atoms with Crippen molar-refractivity contribution < 1.29 is 33.0 Å². The number of carbonyl (C=O) groups is 2. The lowest BCUT2D eigenvalue weighted by Gasteiger charge is -2.23. The van der Waals surface area contributed by atoms with Gasteiger partial charge in [0.05, 0.1) is 40.6 Å². The predicted molar refractivity (Wildman–Crippen MR) is 168 cm³/mol. The van der Waals surface area contributed by atoms with E-state index < -0.39 is 0 Å². The molecule has 1 saturated heterocycles. The molecular weight excluding hydrogens is 562 g/mol. The summed E-state index contributed by atoms with van der Waals surface area (Å²) in [5, 5.41) is 9.27. The molecule has 3 aromatic rings. The molecule has 0 radical (unpaired) electrons. The van der Waals surface area contributed by atoms with Gasteiger partial charge in [-0.25, -0.2) is 0 Å². The molecular formula is C34H39N3O7. The smallest absolute Gasteiger partial charge is 0.258 e. The van der Waals surface area contributed by atoms with E-state index in [1.54, 1.807) is 33.7 Å². The minimum absolute atomic E-state index is 0.111. The van der Waals surface area contributed by atoms with Crippen molar-refractivity contribution >= 4 is 29.0 Å². The standard InChI is InChI=1S/C34H39N3O7/c1-21-27(26-8-7-24(40-2)17-29(26)28(21)18-32(38)36-19-25-6-5-13-43-25)14-22-15-30(41-3)34(31(16-22)42-4)44-20-33(39)37-23-9-11-35-12-10-23/h5-8,13-17,23,35H,9-12,18-20H2,1-4H3,(H,36,38)(H,37,39)/b27-14-. The van der Waals surface area contributed by atoms with Crippen LogP contribution in [0.1, 0.15) is 48.6 Å². The lowest BCUT2D eigenvalue weighted by atomic mass is 10.00. The van der Waals surface area contributed by atoms with Crippen LogP contribution in [-0.2, 0) is 16.1 Å². The zero-order chi connectivity index (χ0) is 31.1. The maximum atomic E-state index is 13.0. The maximum Gasteiger partial charge on any atom is 0.258 e. The Kier molecular flexibility index (Phi) is 9.91. The molecule has 10 heteroatoms. The third-order valence-electron chi connectivity index (χ3n) is 7.92. The highest BCUT2D eigenvalue weighted by atomic mass is 16.5. The Labute approximate surface area is 257 Å². The topological polar surface area (TPSA) is 120 Å². The molecule has 2 aromatic carbocycles. The predicted octanol–water partition coefficient (Wildman–Crippen LogP) is 4.59. The summed E-state index contributed by atoms with van der Waals surface area (Å²) in [6.45, 7) is 3.95. The molecule has 2 amide bonds. The monoisotopic (exact) mass is 601 g/mol. The molecule has 0 saturated carbocycles. The van der Waals surface area contributed by atoms with Crippen molar-refractivity contribution in [3.05, 3.63) is 76.8 Å². The largest absolute Gasteiger partial charge is 0.497 e. The van der Waals surface area contributed by atoms with Crippen molar-refractivity contribution in [1.29, 1.82) is 0 Å². The second-order valence-electron chi connectivity index (χ2n) is 10.7. The Hall–Kier alpha value is -4.70. The van der Waals surface area contributed by atoms with Gasteiger partial charge in [0.1, 0.15) is 11.5 Å². The Morgan fingerprint density at radius 3 is 2.39 bits per heavy atom. The fourth-order valence-corrected chi connectivity index (χ4v) is 5.60. The highest BCUT2D eigenvalue weighted by Crippen LogP contribution is 2.46. The van der Waals surface area contributed by atoms with Crippen molar-refractivity contribution in [2.24, 2.45) is 0 Å². The zero-order valence-electron chi connectivity index (χ0n) is 25.6. The number of ether oxygens (including phenoxy) is 4. The summed E-state index contributed by atoms with van der Waals surface area (Å²) < 4.78 is 28.1. The van der Waals surface area contributed by atoms with Crippen LogP contribution >= 0.6 is 0 Å². The van der Waals surface area contributed by atoms with Crippen molar-refractivity contribution in [1.82, 2.24) is 16.0 Å². The molecule has 1 aliphatic heterocycles. The van der Waals surface area contributed by atoms with Crippen LogP contribution in [0.25, 0.3) is 17.2 Å². The number of methoxy groups -OCH3 is 3. The highest BCUT2D eigenvalue weighted by Gasteiger charge is 2.27. The SMILES string of the molecule is COc1ccc2c(c1)C(CC(=O)NCc1ccco1)=C(C)/C2=C/c1cc(OC)c(OCC(=O)NC2CCNCC2)c(OC)c1. The molecule has 2 aliphatic rings. The highest BCUT2D eigenvalue weighted by molar-refractivity contribution is 6.08. The van der Waals surface area contributed by atoms with Crippen LogP contribution in [0.3, 0.4) is 0 Å². The Balaban J connectivity index is 1.40.